The van der Waals surface area contributed by atoms with Crippen molar-refractivity contribution in [3.8, 4) is 5.88 Å². The molecule has 3 rings (SSSR count). The maximum atomic E-state index is 12.6. The van der Waals surface area contributed by atoms with Crippen molar-refractivity contribution in [3.05, 3.63) is 89.4 Å². The highest BCUT2D eigenvalue weighted by molar-refractivity contribution is 5.96. The lowest BCUT2D eigenvalue weighted by molar-refractivity contribution is 0.0945. The number of carbonyl (C=O) groups is 1. The van der Waals surface area contributed by atoms with Gasteiger partial charge in [0.05, 0.1) is 0 Å². The van der Waals surface area contributed by atoms with Gasteiger partial charge in [-0.2, -0.15) is 0 Å². The van der Waals surface area contributed by atoms with E-state index in [2.05, 4.69) is 53.4 Å². The van der Waals surface area contributed by atoms with Gasteiger partial charge in [0.15, 0.2) is 0 Å². The average Bonchev–Trinajstić information content (AvgIpc) is 2.76. The summed E-state index contributed by atoms with van der Waals surface area (Å²) in [6, 6.07) is 15.6. The molecule has 3 aromatic rings. The largest absolute Gasteiger partial charge is 0.472 e. The van der Waals surface area contributed by atoms with Crippen molar-refractivity contribution in [2.45, 2.75) is 39.3 Å². The lowest BCUT2D eigenvalue weighted by atomic mass is 9.98. The third kappa shape index (κ3) is 5.16. The van der Waals surface area contributed by atoms with Crippen molar-refractivity contribution >= 4 is 5.91 Å². The quantitative estimate of drug-likeness (QED) is 0.630. The number of carbonyl (C=O) groups excluding carboxylic acids is 1. The molecule has 2 aromatic heterocycles. The normalized spacial score (nSPS) is 11.6. The smallest absolute Gasteiger partial charge is 0.257 e. The Balaban J connectivity index is 1.62. The number of amides is 1. The van der Waals surface area contributed by atoms with E-state index in [4.69, 9.17) is 4.74 Å². The number of aromatic nitrogens is 2. The summed E-state index contributed by atoms with van der Waals surface area (Å²) in [6.07, 6.45) is 6.17. The minimum atomic E-state index is -0.223. The second-order valence-corrected chi connectivity index (χ2v) is 6.74. The molecule has 0 aliphatic heterocycles. The van der Waals surface area contributed by atoms with E-state index in [9.17, 15) is 4.79 Å². The van der Waals surface area contributed by atoms with Gasteiger partial charge in [-0.1, -0.05) is 44.2 Å². The van der Waals surface area contributed by atoms with Crippen molar-refractivity contribution in [2.75, 3.05) is 0 Å². The molecule has 1 unspecified atom stereocenters. The first-order valence-electron chi connectivity index (χ1n) is 9.51. The van der Waals surface area contributed by atoms with Gasteiger partial charge >= 0.3 is 0 Å². The Bertz CT molecular complexity index is 895. The molecule has 0 saturated carbocycles. The summed E-state index contributed by atoms with van der Waals surface area (Å²) >= 11 is 0. The third-order valence-corrected chi connectivity index (χ3v) is 4.73. The Hall–Kier alpha value is -3.21. The van der Waals surface area contributed by atoms with E-state index in [1.165, 1.54) is 5.56 Å². The summed E-state index contributed by atoms with van der Waals surface area (Å²) in [6.45, 7) is 5.16. The summed E-state index contributed by atoms with van der Waals surface area (Å²) in [5.74, 6) is 0.650. The first kappa shape index (κ1) is 19.5. The van der Waals surface area contributed by atoms with Crippen LogP contribution in [0, 0.1) is 0 Å². The maximum absolute atomic E-state index is 12.6. The van der Waals surface area contributed by atoms with Crippen LogP contribution in [-0.2, 0) is 13.2 Å². The number of nitrogens with one attached hydrogen (secondary N) is 1. The second-order valence-electron chi connectivity index (χ2n) is 6.74. The van der Waals surface area contributed by atoms with E-state index < -0.39 is 0 Å². The maximum Gasteiger partial charge on any atom is 0.257 e. The number of pyridine rings is 2. The molecule has 2 heterocycles. The van der Waals surface area contributed by atoms with Crippen LogP contribution < -0.4 is 10.1 Å². The van der Waals surface area contributed by atoms with Crippen LogP contribution in [0.15, 0.2) is 67.1 Å². The molecule has 0 spiro atoms. The van der Waals surface area contributed by atoms with Gasteiger partial charge in [-0.25, -0.2) is 4.98 Å². The monoisotopic (exact) mass is 375 g/mol. The Kier molecular flexibility index (Phi) is 6.73. The van der Waals surface area contributed by atoms with Gasteiger partial charge in [-0.05, 0) is 47.2 Å². The van der Waals surface area contributed by atoms with Gasteiger partial charge < -0.3 is 10.1 Å². The fraction of sp³-hybridized carbons (Fsp3) is 0.261. The summed E-state index contributed by atoms with van der Waals surface area (Å²) in [7, 11) is 0. The number of ether oxygens (including phenoxy) is 1. The molecule has 1 N–H and O–H groups in total. The lowest BCUT2D eigenvalue weighted by Crippen LogP contribution is -2.23. The number of benzene rings is 1. The highest BCUT2D eigenvalue weighted by Gasteiger charge is 2.13. The molecule has 5 nitrogen and oxygen atoms in total. The van der Waals surface area contributed by atoms with Crippen LogP contribution in [0.25, 0.3) is 0 Å². The van der Waals surface area contributed by atoms with Crippen LogP contribution in [0.3, 0.4) is 0 Å². The predicted molar refractivity (Wildman–Crippen MR) is 109 cm³/mol. The Labute approximate surface area is 165 Å². The summed E-state index contributed by atoms with van der Waals surface area (Å²) in [5.41, 5.74) is 3.71. The molecular formula is C23H25N3O2. The fourth-order valence-corrected chi connectivity index (χ4v) is 2.79. The van der Waals surface area contributed by atoms with Crippen LogP contribution in [0.2, 0.25) is 0 Å². The average molecular weight is 375 g/mol. The predicted octanol–water partition coefficient (Wildman–Crippen LogP) is 4.50. The molecule has 0 bridgehead atoms. The van der Waals surface area contributed by atoms with Crippen molar-refractivity contribution < 1.29 is 9.53 Å². The van der Waals surface area contributed by atoms with Crippen LogP contribution in [0.4, 0.5) is 0 Å². The van der Waals surface area contributed by atoms with E-state index in [0.717, 1.165) is 17.5 Å². The molecule has 28 heavy (non-hydrogen) atoms. The molecule has 0 fully saturated rings. The second kappa shape index (κ2) is 9.65. The summed E-state index contributed by atoms with van der Waals surface area (Å²) < 4.78 is 5.84. The van der Waals surface area contributed by atoms with Crippen LogP contribution in [-0.4, -0.2) is 15.9 Å². The molecule has 0 aliphatic rings. The number of rotatable bonds is 8. The van der Waals surface area contributed by atoms with Gasteiger partial charge in [0.2, 0.25) is 5.88 Å². The molecule has 5 heteroatoms. The van der Waals surface area contributed by atoms with E-state index in [-0.39, 0.29) is 5.91 Å². The van der Waals surface area contributed by atoms with Crippen molar-refractivity contribution in [3.63, 3.8) is 0 Å². The first-order valence-corrected chi connectivity index (χ1v) is 9.51. The van der Waals surface area contributed by atoms with Gasteiger partial charge in [0.25, 0.3) is 5.91 Å². The highest BCUT2D eigenvalue weighted by atomic mass is 16.5. The van der Waals surface area contributed by atoms with E-state index in [0.29, 0.717) is 30.5 Å². The van der Waals surface area contributed by atoms with Crippen molar-refractivity contribution in [1.82, 2.24) is 15.3 Å². The van der Waals surface area contributed by atoms with Gasteiger partial charge in [-0.15, -0.1) is 0 Å². The standard InChI is InChI=1S/C23H25N3O2/c1-3-17(2)20-10-8-18(9-11-20)16-28-23-21(7-5-13-25-23)22(27)26-15-19-6-4-12-24-14-19/h4-14,17H,3,15-16H2,1-2H3,(H,26,27). The molecule has 0 aliphatic carbocycles. The molecular weight excluding hydrogens is 350 g/mol. The van der Waals surface area contributed by atoms with Gasteiger partial charge in [-0.3, -0.25) is 9.78 Å². The fourth-order valence-electron chi connectivity index (χ4n) is 2.79. The summed E-state index contributed by atoms with van der Waals surface area (Å²) in [5, 5.41) is 2.88. The van der Waals surface area contributed by atoms with Gasteiger partial charge in [0, 0.05) is 25.1 Å². The van der Waals surface area contributed by atoms with E-state index in [1.54, 1.807) is 30.7 Å². The SMILES string of the molecule is CCC(C)c1ccc(COc2ncccc2C(=O)NCc2cccnc2)cc1. The zero-order valence-corrected chi connectivity index (χ0v) is 16.3. The molecule has 1 amide bonds. The van der Waals surface area contributed by atoms with Crippen molar-refractivity contribution in [2.24, 2.45) is 0 Å². The van der Waals surface area contributed by atoms with E-state index >= 15 is 0 Å². The zero-order chi connectivity index (χ0) is 19.8. The molecule has 1 aromatic carbocycles. The number of hydrogen-bond donors (Lipinski definition) is 1. The van der Waals surface area contributed by atoms with Crippen molar-refractivity contribution in [1.29, 1.82) is 0 Å². The Morgan fingerprint density at radius 1 is 1.07 bits per heavy atom. The minimum absolute atomic E-state index is 0.223. The summed E-state index contributed by atoms with van der Waals surface area (Å²) in [4.78, 5) is 20.8. The lowest BCUT2D eigenvalue weighted by Gasteiger charge is -2.12. The number of nitrogens with zero attached hydrogens (tertiary/aromatic N) is 2. The zero-order valence-electron chi connectivity index (χ0n) is 16.3. The van der Waals surface area contributed by atoms with Crippen LogP contribution in [0.5, 0.6) is 5.88 Å². The molecule has 144 valence electrons. The topological polar surface area (TPSA) is 64.1 Å². The molecule has 0 saturated heterocycles. The van der Waals surface area contributed by atoms with E-state index in [1.807, 2.05) is 12.1 Å². The third-order valence-electron chi connectivity index (χ3n) is 4.73. The number of hydrogen-bond acceptors (Lipinski definition) is 4. The van der Waals surface area contributed by atoms with Gasteiger partial charge in [0.1, 0.15) is 12.2 Å². The Morgan fingerprint density at radius 2 is 1.86 bits per heavy atom. The molecule has 1 atom stereocenters. The van der Waals surface area contributed by atoms with Crippen LogP contribution >= 0.6 is 0 Å². The van der Waals surface area contributed by atoms with Crippen LogP contribution in [0.1, 0.15) is 53.2 Å². The highest BCUT2D eigenvalue weighted by Crippen LogP contribution is 2.20. The minimum Gasteiger partial charge on any atom is -0.472 e. The Morgan fingerprint density at radius 3 is 2.57 bits per heavy atom. The first-order chi connectivity index (χ1) is 13.7. The molecule has 0 radical (unpaired) electrons.